The molecule has 0 amide bonds. The van der Waals surface area contributed by atoms with E-state index in [1.165, 1.54) is 4.31 Å². The summed E-state index contributed by atoms with van der Waals surface area (Å²) in [5, 5.41) is 0. The maximum atomic E-state index is 12.5. The lowest BCUT2D eigenvalue weighted by molar-refractivity contribution is 0.207. The van der Waals surface area contributed by atoms with Gasteiger partial charge in [-0.25, -0.2) is 13.4 Å². The zero-order chi connectivity index (χ0) is 14.0. The summed E-state index contributed by atoms with van der Waals surface area (Å²) in [6.07, 6.45) is 5.25. The van der Waals surface area contributed by atoms with E-state index >= 15 is 0 Å². The first-order chi connectivity index (χ1) is 8.95. The molecule has 0 bridgehead atoms. The maximum absolute atomic E-state index is 12.5. The molecule has 0 unspecified atom stereocenters. The number of aromatic nitrogens is 1. The molecule has 1 saturated heterocycles. The fraction of sp³-hybridized carbons (Fsp3) is 0.545. The Bertz CT molecular complexity index is 598. The predicted molar refractivity (Wildman–Crippen MR) is 75.9 cm³/mol. The number of sulfonamides is 1. The summed E-state index contributed by atoms with van der Waals surface area (Å²) in [6, 6.07) is 0. The average molecular weight is 320 g/mol. The standard InChI is InChI=1S/C11H14ClN3O2S2/c1-3-4-14-5-7-15(8-6-14)19(16,17)10-9(2)13-11(12)18-10/h1H,4-8H2,2H3. The predicted octanol–water partition coefficient (Wildman–Crippen LogP) is 1.04. The molecule has 0 radical (unpaired) electrons. The van der Waals surface area contributed by atoms with E-state index in [1.54, 1.807) is 6.92 Å². The molecule has 0 saturated carbocycles. The molecule has 1 aliphatic rings. The lowest BCUT2D eigenvalue weighted by Gasteiger charge is -2.32. The van der Waals surface area contributed by atoms with Crippen LogP contribution in [0.25, 0.3) is 0 Å². The third-order valence-electron chi connectivity index (χ3n) is 2.95. The first-order valence-corrected chi connectivity index (χ1v) is 8.37. The second-order valence-electron chi connectivity index (χ2n) is 4.22. The Morgan fingerprint density at radius 1 is 1.42 bits per heavy atom. The Balaban J connectivity index is 2.15. The van der Waals surface area contributed by atoms with Crippen LogP contribution in [-0.4, -0.2) is 55.3 Å². The number of nitrogens with zero attached hydrogens (tertiary/aromatic N) is 3. The van der Waals surface area contributed by atoms with Crippen LogP contribution in [0.15, 0.2) is 4.21 Å². The van der Waals surface area contributed by atoms with Gasteiger partial charge in [0.05, 0.1) is 12.2 Å². The van der Waals surface area contributed by atoms with Gasteiger partial charge in [0, 0.05) is 26.2 Å². The van der Waals surface area contributed by atoms with E-state index in [9.17, 15) is 8.42 Å². The van der Waals surface area contributed by atoms with Crippen LogP contribution >= 0.6 is 22.9 Å². The van der Waals surface area contributed by atoms with Crippen LogP contribution < -0.4 is 0 Å². The lowest BCUT2D eigenvalue weighted by atomic mass is 10.4. The molecular formula is C11H14ClN3O2S2. The van der Waals surface area contributed by atoms with Crippen molar-refractivity contribution in [3.63, 3.8) is 0 Å². The summed E-state index contributed by atoms with van der Waals surface area (Å²) in [7, 11) is -3.48. The van der Waals surface area contributed by atoms with Crippen molar-refractivity contribution in [2.24, 2.45) is 0 Å². The smallest absolute Gasteiger partial charge is 0.254 e. The van der Waals surface area contributed by atoms with Crippen LogP contribution in [0, 0.1) is 19.3 Å². The van der Waals surface area contributed by atoms with E-state index in [0.717, 1.165) is 11.3 Å². The van der Waals surface area contributed by atoms with E-state index in [2.05, 4.69) is 15.8 Å². The number of thiazole rings is 1. The summed E-state index contributed by atoms with van der Waals surface area (Å²) in [4.78, 5) is 6.01. The molecule has 5 nitrogen and oxygen atoms in total. The number of hydrogen-bond acceptors (Lipinski definition) is 5. The van der Waals surface area contributed by atoms with Gasteiger partial charge in [-0.1, -0.05) is 28.9 Å². The minimum Gasteiger partial charge on any atom is -0.290 e. The number of terminal acetylenes is 1. The summed E-state index contributed by atoms with van der Waals surface area (Å²) in [6.45, 7) is 4.39. The van der Waals surface area contributed by atoms with Crippen LogP contribution in [-0.2, 0) is 10.0 Å². The molecular weight excluding hydrogens is 306 g/mol. The van der Waals surface area contributed by atoms with Gasteiger partial charge in [0.25, 0.3) is 10.0 Å². The molecule has 0 aliphatic carbocycles. The van der Waals surface area contributed by atoms with Crippen molar-refractivity contribution in [3.8, 4) is 12.3 Å². The van der Waals surface area contributed by atoms with Crippen LogP contribution in [0.4, 0.5) is 0 Å². The topological polar surface area (TPSA) is 53.5 Å². The lowest BCUT2D eigenvalue weighted by Crippen LogP contribution is -2.48. The van der Waals surface area contributed by atoms with Gasteiger partial charge in [0.15, 0.2) is 8.68 Å². The number of hydrogen-bond donors (Lipinski definition) is 0. The van der Waals surface area contributed by atoms with Gasteiger partial charge in [-0.2, -0.15) is 4.31 Å². The molecule has 0 N–H and O–H groups in total. The van der Waals surface area contributed by atoms with Crippen LogP contribution in [0.3, 0.4) is 0 Å². The van der Waals surface area contributed by atoms with Crippen molar-refractivity contribution in [2.75, 3.05) is 32.7 Å². The molecule has 2 heterocycles. The van der Waals surface area contributed by atoms with E-state index < -0.39 is 10.0 Å². The van der Waals surface area contributed by atoms with E-state index in [4.69, 9.17) is 18.0 Å². The quantitative estimate of drug-likeness (QED) is 0.781. The number of rotatable bonds is 3. The average Bonchev–Trinajstić information content (AvgIpc) is 2.70. The summed E-state index contributed by atoms with van der Waals surface area (Å²) < 4.78 is 26.9. The Labute approximate surface area is 122 Å². The molecule has 8 heteroatoms. The van der Waals surface area contributed by atoms with Crippen molar-refractivity contribution in [1.82, 2.24) is 14.2 Å². The highest BCUT2D eigenvalue weighted by Crippen LogP contribution is 2.29. The van der Waals surface area contributed by atoms with Gasteiger partial charge >= 0.3 is 0 Å². The normalized spacial score (nSPS) is 18.4. The number of piperazine rings is 1. The fourth-order valence-corrected chi connectivity index (χ4v) is 5.26. The van der Waals surface area contributed by atoms with E-state index in [1.807, 2.05) is 0 Å². The summed E-state index contributed by atoms with van der Waals surface area (Å²) >= 11 is 6.77. The molecule has 1 aromatic heterocycles. The van der Waals surface area contributed by atoms with Crippen molar-refractivity contribution >= 4 is 33.0 Å². The van der Waals surface area contributed by atoms with Crippen LogP contribution in [0.1, 0.15) is 5.69 Å². The largest absolute Gasteiger partial charge is 0.290 e. The molecule has 104 valence electrons. The Morgan fingerprint density at radius 2 is 2.05 bits per heavy atom. The number of halogens is 1. The first-order valence-electron chi connectivity index (χ1n) is 5.74. The SMILES string of the molecule is C#CCN1CCN(S(=O)(=O)c2sc(Cl)nc2C)CC1. The van der Waals surface area contributed by atoms with Crippen LogP contribution in [0.5, 0.6) is 0 Å². The third-order valence-corrected chi connectivity index (χ3v) is 6.70. The molecule has 0 aromatic carbocycles. The molecule has 1 aliphatic heterocycles. The second-order valence-corrected chi connectivity index (χ2v) is 7.94. The fourth-order valence-electron chi connectivity index (χ4n) is 1.96. The first kappa shape index (κ1) is 14.8. The minimum absolute atomic E-state index is 0.239. The van der Waals surface area contributed by atoms with E-state index in [-0.39, 0.29) is 8.68 Å². The van der Waals surface area contributed by atoms with Crippen molar-refractivity contribution in [3.05, 3.63) is 10.2 Å². The van der Waals surface area contributed by atoms with Gasteiger partial charge in [-0.05, 0) is 6.92 Å². The third kappa shape index (κ3) is 3.09. The van der Waals surface area contributed by atoms with Crippen molar-refractivity contribution < 1.29 is 8.42 Å². The van der Waals surface area contributed by atoms with Crippen molar-refractivity contribution in [2.45, 2.75) is 11.1 Å². The molecule has 1 fully saturated rings. The molecule has 19 heavy (non-hydrogen) atoms. The highest BCUT2D eigenvalue weighted by atomic mass is 35.5. The highest BCUT2D eigenvalue weighted by molar-refractivity contribution is 7.91. The Morgan fingerprint density at radius 3 is 2.53 bits per heavy atom. The molecule has 0 atom stereocenters. The Kier molecular flexibility index (Phi) is 4.48. The van der Waals surface area contributed by atoms with Gasteiger partial charge in [0.1, 0.15) is 0 Å². The van der Waals surface area contributed by atoms with Gasteiger partial charge < -0.3 is 0 Å². The highest BCUT2D eigenvalue weighted by Gasteiger charge is 2.31. The number of aryl methyl sites for hydroxylation is 1. The molecule has 1 aromatic rings. The second kappa shape index (κ2) is 5.77. The molecule has 2 rings (SSSR count). The molecule has 0 spiro atoms. The zero-order valence-electron chi connectivity index (χ0n) is 10.5. The summed E-state index contributed by atoms with van der Waals surface area (Å²) in [5.74, 6) is 2.57. The van der Waals surface area contributed by atoms with Gasteiger partial charge in [-0.3, -0.25) is 4.90 Å². The Hall–Kier alpha value is -0.650. The van der Waals surface area contributed by atoms with Crippen LogP contribution in [0.2, 0.25) is 4.47 Å². The van der Waals surface area contributed by atoms with Crippen molar-refractivity contribution in [1.29, 1.82) is 0 Å². The monoisotopic (exact) mass is 319 g/mol. The zero-order valence-corrected chi connectivity index (χ0v) is 12.9. The van der Waals surface area contributed by atoms with Gasteiger partial charge in [-0.15, -0.1) is 6.42 Å². The van der Waals surface area contributed by atoms with Gasteiger partial charge in [0.2, 0.25) is 0 Å². The van der Waals surface area contributed by atoms with E-state index in [0.29, 0.717) is 38.4 Å². The summed E-state index contributed by atoms with van der Waals surface area (Å²) in [5.41, 5.74) is 0.459. The minimum atomic E-state index is -3.48. The maximum Gasteiger partial charge on any atom is 0.254 e.